The van der Waals surface area contributed by atoms with E-state index in [2.05, 4.69) is 5.10 Å². The van der Waals surface area contributed by atoms with E-state index in [1.54, 1.807) is 23.6 Å². The Hall–Kier alpha value is -2.57. The maximum atomic E-state index is 12.7. The molecule has 1 amide bonds. The topological polar surface area (TPSA) is 69.4 Å². The maximum Gasteiger partial charge on any atom is 0.346 e. The van der Waals surface area contributed by atoms with Crippen LogP contribution in [0.25, 0.3) is 0 Å². The fourth-order valence-electron chi connectivity index (χ4n) is 3.29. The molecule has 2 heterocycles. The maximum absolute atomic E-state index is 12.7. The largest absolute Gasteiger partial charge is 0.497 e. The monoisotopic (exact) mass is 358 g/mol. The van der Waals surface area contributed by atoms with Crippen molar-refractivity contribution < 1.29 is 9.53 Å². The highest BCUT2D eigenvalue weighted by molar-refractivity contribution is 5.76. The predicted octanol–water partition coefficient (Wildman–Crippen LogP) is 2.00. The molecule has 1 aliphatic rings. The van der Waals surface area contributed by atoms with E-state index in [0.717, 1.165) is 42.8 Å². The van der Waals surface area contributed by atoms with Crippen molar-refractivity contribution >= 4 is 5.91 Å². The first-order chi connectivity index (χ1) is 12.5. The van der Waals surface area contributed by atoms with Gasteiger partial charge in [0.2, 0.25) is 5.91 Å². The fraction of sp³-hybridized carbons (Fsp3) is 0.526. The zero-order valence-corrected chi connectivity index (χ0v) is 15.6. The van der Waals surface area contributed by atoms with Crippen molar-refractivity contribution in [2.75, 3.05) is 14.2 Å². The first kappa shape index (κ1) is 18.2. The minimum atomic E-state index is -0.180. The summed E-state index contributed by atoms with van der Waals surface area (Å²) in [5.74, 6) is 1.44. The lowest BCUT2D eigenvalue weighted by Gasteiger charge is -2.25. The lowest BCUT2D eigenvalue weighted by Crippen LogP contribution is -2.36. The lowest BCUT2D eigenvalue weighted by molar-refractivity contribution is -0.132. The summed E-state index contributed by atoms with van der Waals surface area (Å²) in [7, 11) is 3.38. The van der Waals surface area contributed by atoms with E-state index in [1.165, 1.54) is 4.68 Å². The van der Waals surface area contributed by atoms with Gasteiger partial charge in [-0.2, -0.15) is 5.10 Å². The molecular weight excluding hydrogens is 332 g/mol. The number of carbonyl (C=O) groups is 1. The Balaban J connectivity index is 1.72. The van der Waals surface area contributed by atoms with E-state index in [9.17, 15) is 9.59 Å². The number of amides is 1. The normalized spacial score (nSPS) is 15.0. The van der Waals surface area contributed by atoms with Gasteiger partial charge in [0.05, 0.1) is 13.2 Å². The molecule has 0 spiro atoms. The van der Waals surface area contributed by atoms with Gasteiger partial charge in [-0.1, -0.05) is 18.6 Å². The molecule has 0 radical (unpaired) electrons. The zero-order chi connectivity index (χ0) is 18.7. The Morgan fingerprint density at radius 3 is 2.69 bits per heavy atom. The molecule has 2 aromatic rings. The molecule has 1 aromatic heterocycles. The second-order valence-electron chi connectivity index (χ2n) is 6.77. The third-order valence-electron chi connectivity index (χ3n) is 5.14. The smallest absolute Gasteiger partial charge is 0.346 e. The average Bonchev–Trinajstić information content (AvgIpc) is 2.83. The van der Waals surface area contributed by atoms with Crippen LogP contribution in [-0.2, 0) is 24.3 Å². The van der Waals surface area contributed by atoms with Crippen molar-refractivity contribution in [3.63, 3.8) is 0 Å². The van der Waals surface area contributed by atoms with Crippen molar-refractivity contribution in [3.05, 3.63) is 46.1 Å². The van der Waals surface area contributed by atoms with E-state index in [0.29, 0.717) is 6.54 Å². The third-order valence-corrected chi connectivity index (χ3v) is 5.14. The quantitative estimate of drug-likeness (QED) is 0.820. The summed E-state index contributed by atoms with van der Waals surface area (Å²) in [6.45, 7) is 2.63. The summed E-state index contributed by atoms with van der Waals surface area (Å²) < 4.78 is 8.19. The van der Waals surface area contributed by atoms with Crippen LogP contribution in [0.4, 0.5) is 0 Å². The second-order valence-corrected chi connectivity index (χ2v) is 6.77. The summed E-state index contributed by atoms with van der Waals surface area (Å²) in [6, 6.07) is 7.53. The molecule has 1 atom stereocenters. The van der Waals surface area contributed by atoms with Crippen LogP contribution in [-0.4, -0.2) is 39.3 Å². The summed E-state index contributed by atoms with van der Waals surface area (Å²) >= 11 is 0. The minimum absolute atomic E-state index is 0.0319. The number of rotatable bonds is 5. The molecule has 3 rings (SSSR count). The van der Waals surface area contributed by atoms with Crippen LogP contribution in [0.1, 0.15) is 43.6 Å². The average molecular weight is 358 g/mol. The Kier molecular flexibility index (Phi) is 5.44. The molecule has 140 valence electrons. The molecule has 0 fully saturated rings. The second kappa shape index (κ2) is 7.76. The molecule has 1 unspecified atom stereocenters. The van der Waals surface area contributed by atoms with E-state index in [4.69, 9.17) is 4.74 Å². The Morgan fingerprint density at radius 2 is 2.00 bits per heavy atom. The van der Waals surface area contributed by atoms with Crippen molar-refractivity contribution in [3.8, 4) is 5.75 Å². The summed E-state index contributed by atoms with van der Waals surface area (Å²) in [5, 5.41) is 4.39. The molecule has 7 nitrogen and oxygen atoms in total. The predicted molar refractivity (Wildman–Crippen MR) is 98.2 cm³/mol. The van der Waals surface area contributed by atoms with Gasteiger partial charge >= 0.3 is 5.69 Å². The van der Waals surface area contributed by atoms with Crippen molar-refractivity contribution in [1.29, 1.82) is 0 Å². The first-order valence-corrected chi connectivity index (χ1v) is 9.07. The summed E-state index contributed by atoms with van der Waals surface area (Å²) in [6.07, 6.45) is 3.94. The molecule has 0 saturated carbocycles. The minimum Gasteiger partial charge on any atom is -0.497 e. The number of nitrogens with zero attached hydrogens (tertiary/aromatic N) is 4. The zero-order valence-electron chi connectivity index (χ0n) is 15.6. The summed E-state index contributed by atoms with van der Waals surface area (Å²) in [4.78, 5) is 26.8. The number of likely N-dealkylation sites (N-methyl/N-ethyl adjacent to an activating group) is 1. The number of methoxy groups -OCH3 is 1. The van der Waals surface area contributed by atoms with Crippen LogP contribution < -0.4 is 10.4 Å². The molecule has 7 heteroatoms. The Labute approximate surface area is 153 Å². The molecule has 1 aliphatic heterocycles. The van der Waals surface area contributed by atoms with Crippen LogP contribution in [0.5, 0.6) is 5.75 Å². The van der Waals surface area contributed by atoms with Gasteiger partial charge < -0.3 is 9.64 Å². The highest BCUT2D eigenvalue weighted by Crippen LogP contribution is 2.21. The first-order valence-electron chi connectivity index (χ1n) is 9.07. The number of ether oxygens (including phenoxy) is 1. The SMILES string of the molecule is COc1ccc(C(C)N(C)C(=O)Cn2nc3n(c2=O)CCCCC3)cc1. The van der Waals surface area contributed by atoms with Crippen LogP contribution in [0, 0.1) is 0 Å². The number of carbonyl (C=O) groups excluding carboxylic acids is 1. The van der Waals surface area contributed by atoms with Gasteiger partial charge in [0.1, 0.15) is 18.1 Å². The van der Waals surface area contributed by atoms with E-state index in [1.807, 2.05) is 31.2 Å². The van der Waals surface area contributed by atoms with E-state index < -0.39 is 0 Å². The van der Waals surface area contributed by atoms with Crippen LogP contribution >= 0.6 is 0 Å². The molecule has 1 aromatic carbocycles. The number of fused-ring (bicyclic) bond motifs is 1. The number of benzene rings is 1. The van der Waals surface area contributed by atoms with Gasteiger partial charge in [0.25, 0.3) is 0 Å². The van der Waals surface area contributed by atoms with Gasteiger partial charge in [-0.3, -0.25) is 9.36 Å². The van der Waals surface area contributed by atoms with Crippen molar-refractivity contribution in [2.45, 2.75) is 51.7 Å². The number of aromatic nitrogens is 3. The van der Waals surface area contributed by atoms with Gasteiger partial charge in [-0.05, 0) is 37.5 Å². The molecular formula is C19H26N4O3. The van der Waals surface area contributed by atoms with Gasteiger partial charge in [-0.25, -0.2) is 9.48 Å². The van der Waals surface area contributed by atoms with Crippen molar-refractivity contribution in [1.82, 2.24) is 19.2 Å². The van der Waals surface area contributed by atoms with Crippen LogP contribution in [0.15, 0.2) is 29.1 Å². The van der Waals surface area contributed by atoms with Crippen LogP contribution in [0.2, 0.25) is 0 Å². The van der Waals surface area contributed by atoms with Gasteiger partial charge in [0.15, 0.2) is 0 Å². The lowest BCUT2D eigenvalue weighted by atomic mass is 10.1. The molecule has 0 bridgehead atoms. The van der Waals surface area contributed by atoms with E-state index in [-0.39, 0.29) is 24.2 Å². The molecule has 0 saturated heterocycles. The molecule has 0 N–H and O–H groups in total. The highest BCUT2D eigenvalue weighted by atomic mass is 16.5. The standard InChI is InChI=1S/C19H26N4O3/c1-14(15-8-10-16(26-3)11-9-15)21(2)18(24)13-23-19(25)22-12-6-4-5-7-17(22)20-23/h8-11,14H,4-7,12-13H2,1-3H3. The highest BCUT2D eigenvalue weighted by Gasteiger charge is 2.21. The number of hydrogen-bond donors (Lipinski definition) is 0. The van der Waals surface area contributed by atoms with Gasteiger partial charge in [-0.15, -0.1) is 0 Å². The number of aryl methyl sites for hydroxylation is 1. The summed E-state index contributed by atoms with van der Waals surface area (Å²) in [5.41, 5.74) is 0.829. The van der Waals surface area contributed by atoms with Crippen LogP contribution in [0.3, 0.4) is 0 Å². The molecule has 26 heavy (non-hydrogen) atoms. The van der Waals surface area contributed by atoms with E-state index >= 15 is 0 Å². The number of hydrogen-bond acceptors (Lipinski definition) is 4. The Bertz CT molecular complexity index is 822. The Morgan fingerprint density at radius 1 is 1.27 bits per heavy atom. The molecule has 0 aliphatic carbocycles. The third kappa shape index (κ3) is 3.66. The van der Waals surface area contributed by atoms with Gasteiger partial charge in [0, 0.05) is 20.0 Å². The van der Waals surface area contributed by atoms with Crippen molar-refractivity contribution in [2.24, 2.45) is 0 Å². The fourth-order valence-corrected chi connectivity index (χ4v) is 3.29.